The Morgan fingerprint density at radius 1 is 0.714 bits per heavy atom. The molecule has 5 heteroatoms. The van der Waals surface area contributed by atoms with Crippen LogP contribution in [0.1, 0.15) is 36.0 Å². The number of fused-ring (bicyclic) bond motifs is 2. The molecule has 1 unspecified atom stereocenters. The standard InChI is InChI=1S/C20H22BrNO.C10H6Br2/c21-19-8-7-15-10-17(6-5-16(15)11-19)20(23)18-2-1-9-22(13-18)12-14-3-4-14;11-9-3-1-7-5-10(12)4-2-8(7)6-9/h5-8,10-11,14,18H,1-4,9,12-13H2;1-6H. The lowest BCUT2D eigenvalue weighted by Gasteiger charge is -2.32. The number of rotatable bonds is 4. The Balaban J connectivity index is 0.000000178. The van der Waals surface area contributed by atoms with Gasteiger partial charge in [0.1, 0.15) is 0 Å². The number of ketones is 1. The summed E-state index contributed by atoms with van der Waals surface area (Å²) in [5.74, 6) is 1.41. The van der Waals surface area contributed by atoms with Crippen LogP contribution in [-0.2, 0) is 0 Å². The molecule has 0 radical (unpaired) electrons. The molecule has 2 aliphatic rings. The molecule has 2 nitrogen and oxygen atoms in total. The molecule has 35 heavy (non-hydrogen) atoms. The Bertz CT molecular complexity index is 1320. The highest BCUT2D eigenvalue weighted by Crippen LogP contribution is 2.32. The van der Waals surface area contributed by atoms with Crippen LogP contribution in [0.25, 0.3) is 21.5 Å². The van der Waals surface area contributed by atoms with Gasteiger partial charge < -0.3 is 4.90 Å². The monoisotopic (exact) mass is 655 g/mol. The first kappa shape index (κ1) is 25.1. The van der Waals surface area contributed by atoms with Gasteiger partial charge in [0.25, 0.3) is 0 Å². The number of Topliss-reactive ketones (excluding diaryl/α,β-unsaturated/α-hetero) is 1. The zero-order chi connectivity index (χ0) is 24.4. The third-order valence-corrected chi connectivity index (χ3v) is 8.42. The topological polar surface area (TPSA) is 20.3 Å². The van der Waals surface area contributed by atoms with Gasteiger partial charge in [-0.1, -0.05) is 78.1 Å². The Kier molecular flexibility index (Phi) is 8.08. The van der Waals surface area contributed by atoms with Crippen LogP contribution in [0.5, 0.6) is 0 Å². The van der Waals surface area contributed by atoms with Gasteiger partial charge in [-0.05, 0) is 102 Å². The fourth-order valence-corrected chi connectivity index (χ4v) is 6.03. The van der Waals surface area contributed by atoms with E-state index in [1.165, 1.54) is 42.1 Å². The molecule has 180 valence electrons. The highest BCUT2D eigenvalue weighted by molar-refractivity contribution is 9.11. The maximum atomic E-state index is 12.9. The number of halogens is 3. The molecular formula is C30H28Br3NO. The number of hydrogen-bond acceptors (Lipinski definition) is 2. The van der Waals surface area contributed by atoms with E-state index in [9.17, 15) is 4.79 Å². The highest BCUT2D eigenvalue weighted by Gasteiger charge is 2.30. The van der Waals surface area contributed by atoms with Crippen LogP contribution in [0, 0.1) is 11.8 Å². The van der Waals surface area contributed by atoms with Gasteiger partial charge >= 0.3 is 0 Å². The van der Waals surface area contributed by atoms with Crippen molar-refractivity contribution in [3.63, 3.8) is 0 Å². The summed E-state index contributed by atoms with van der Waals surface area (Å²) in [6.45, 7) is 3.33. The van der Waals surface area contributed by atoms with E-state index in [4.69, 9.17) is 0 Å². The van der Waals surface area contributed by atoms with Crippen LogP contribution in [0.3, 0.4) is 0 Å². The Hall–Kier alpha value is -1.53. The Morgan fingerprint density at radius 3 is 1.77 bits per heavy atom. The summed E-state index contributed by atoms with van der Waals surface area (Å²) in [5, 5.41) is 4.83. The molecule has 0 amide bonds. The van der Waals surface area contributed by atoms with E-state index in [-0.39, 0.29) is 5.92 Å². The molecule has 1 atom stereocenters. The minimum absolute atomic E-state index is 0.176. The Labute approximate surface area is 232 Å². The molecule has 0 spiro atoms. The van der Waals surface area contributed by atoms with E-state index >= 15 is 0 Å². The number of hydrogen-bond donors (Lipinski definition) is 0. The van der Waals surface area contributed by atoms with Crippen LogP contribution in [-0.4, -0.2) is 30.3 Å². The van der Waals surface area contributed by atoms with Gasteiger partial charge in [0, 0.05) is 38.0 Å². The van der Waals surface area contributed by atoms with E-state index in [0.29, 0.717) is 5.78 Å². The van der Waals surface area contributed by atoms with Crippen molar-refractivity contribution >= 4 is 75.1 Å². The first-order valence-corrected chi connectivity index (χ1v) is 14.6. The second kappa shape index (κ2) is 11.2. The summed E-state index contributed by atoms with van der Waals surface area (Å²) < 4.78 is 3.32. The van der Waals surface area contributed by atoms with Crippen molar-refractivity contribution < 1.29 is 4.79 Å². The summed E-state index contributed by atoms with van der Waals surface area (Å²) in [7, 11) is 0. The lowest BCUT2D eigenvalue weighted by Crippen LogP contribution is -2.39. The second-order valence-electron chi connectivity index (χ2n) is 9.75. The molecule has 4 aromatic carbocycles. The van der Waals surface area contributed by atoms with Gasteiger partial charge in [-0.2, -0.15) is 0 Å². The van der Waals surface area contributed by atoms with Crippen molar-refractivity contribution in [1.29, 1.82) is 0 Å². The fraction of sp³-hybridized carbons (Fsp3) is 0.300. The van der Waals surface area contributed by atoms with Gasteiger partial charge in [-0.15, -0.1) is 0 Å². The maximum Gasteiger partial charge on any atom is 0.167 e. The van der Waals surface area contributed by atoms with Gasteiger partial charge in [0.15, 0.2) is 5.78 Å². The molecule has 1 aliphatic carbocycles. The first-order valence-electron chi connectivity index (χ1n) is 12.3. The Morgan fingerprint density at radius 2 is 1.23 bits per heavy atom. The van der Waals surface area contributed by atoms with Crippen LogP contribution >= 0.6 is 47.8 Å². The minimum Gasteiger partial charge on any atom is -0.302 e. The lowest BCUT2D eigenvalue weighted by atomic mass is 9.89. The molecule has 1 saturated carbocycles. The molecule has 0 bridgehead atoms. The van der Waals surface area contributed by atoms with Crippen molar-refractivity contribution in [3.8, 4) is 0 Å². The molecule has 1 heterocycles. The largest absolute Gasteiger partial charge is 0.302 e. The zero-order valence-corrected chi connectivity index (χ0v) is 24.3. The molecular weight excluding hydrogens is 630 g/mol. The summed E-state index contributed by atoms with van der Waals surface area (Å²) in [6, 6.07) is 24.9. The third kappa shape index (κ3) is 6.62. The van der Waals surface area contributed by atoms with E-state index in [2.05, 4.69) is 113 Å². The van der Waals surface area contributed by atoms with Gasteiger partial charge in [0.05, 0.1) is 0 Å². The molecule has 1 saturated heterocycles. The zero-order valence-electron chi connectivity index (χ0n) is 19.5. The lowest BCUT2D eigenvalue weighted by molar-refractivity contribution is 0.0815. The minimum atomic E-state index is 0.176. The van der Waals surface area contributed by atoms with Crippen molar-refractivity contribution in [2.75, 3.05) is 19.6 Å². The number of piperidine rings is 1. The van der Waals surface area contributed by atoms with E-state index in [1.807, 2.05) is 12.1 Å². The molecule has 2 fully saturated rings. The predicted molar refractivity (Wildman–Crippen MR) is 157 cm³/mol. The van der Waals surface area contributed by atoms with Crippen LogP contribution in [0.15, 0.2) is 86.2 Å². The number of carbonyl (C=O) groups is 1. The van der Waals surface area contributed by atoms with Crippen molar-refractivity contribution in [1.82, 2.24) is 4.90 Å². The smallest absolute Gasteiger partial charge is 0.167 e. The average Bonchev–Trinajstić information content (AvgIpc) is 3.68. The molecule has 4 aromatic rings. The van der Waals surface area contributed by atoms with Crippen molar-refractivity contribution in [2.24, 2.45) is 11.8 Å². The average molecular weight is 658 g/mol. The van der Waals surface area contributed by atoms with Crippen molar-refractivity contribution in [3.05, 3.63) is 91.8 Å². The van der Waals surface area contributed by atoms with E-state index < -0.39 is 0 Å². The SMILES string of the molecule is Brc1ccc2cc(Br)ccc2c1.O=C(c1ccc2cc(Br)ccc2c1)C1CCCN(CC2CC2)C1. The summed E-state index contributed by atoms with van der Waals surface area (Å²) in [5.41, 5.74) is 0.873. The van der Waals surface area contributed by atoms with Gasteiger partial charge in [-0.25, -0.2) is 0 Å². The second-order valence-corrected chi connectivity index (χ2v) is 12.5. The molecule has 6 rings (SSSR count). The fourth-order valence-electron chi connectivity index (χ4n) is 4.89. The van der Waals surface area contributed by atoms with Crippen LogP contribution < -0.4 is 0 Å². The molecule has 0 N–H and O–H groups in total. The van der Waals surface area contributed by atoms with E-state index in [1.54, 1.807) is 0 Å². The van der Waals surface area contributed by atoms with Crippen molar-refractivity contribution in [2.45, 2.75) is 25.7 Å². The molecule has 0 aromatic heterocycles. The van der Waals surface area contributed by atoms with Gasteiger partial charge in [-0.3, -0.25) is 4.79 Å². The quantitative estimate of drug-likeness (QED) is 0.204. The summed E-state index contributed by atoms with van der Waals surface area (Å²) in [4.78, 5) is 15.4. The number of benzene rings is 4. The number of carbonyl (C=O) groups excluding carboxylic acids is 1. The molecule has 1 aliphatic heterocycles. The summed E-state index contributed by atoms with van der Waals surface area (Å²) in [6.07, 6.45) is 4.97. The third-order valence-electron chi connectivity index (χ3n) is 6.94. The van der Waals surface area contributed by atoms with Crippen LogP contribution in [0.2, 0.25) is 0 Å². The number of nitrogens with zero attached hydrogens (tertiary/aromatic N) is 1. The summed E-state index contributed by atoms with van der Waals surface area (Å²) >= 11 is 10.4. The predicted octanol–water partition coefficient (Wildman–Crippen LogP) is 9.27. The maximum absolute atomic E-state index is 12.9. The van der Waals surface area contributed by atoms with Crippen LogP contribution in [0.4, 0.5) is 0 Å². The highest BCUT2D eigenvalue weighted by atomic mass is 79.9. The normalized spacial score (nSPS) is 18.3. The van der Waals surface area contributed by atoms with Gasteiger partial charge in [0.2, 0.25) is 0 Å². The first-order chi connectivity index (χ1) is 16.9. The van der Waals surface area contributed by atoms with E-state index in [0.717, 1.165) is 49.7 Å². The number of likely N-dealkylation sites (tertiary alicyclic amines) is 1.